The molecule has 1 fully saturated rings. The Balaban J connectivity index is 1.60. The van der Waals surface area contributed by atoms with Crippen molar-refractivity contribution < 1.29 is 4.74 Å². The van der Waals surface area contributed by atoms with Crippen LogP contribution in [-0.2, 0) is 0 Å². The van der Waals surface area contributed by atoms with Gasteiger partial charge in [0.2, 0.25) is 5.95 Å². The molecular weight excluding hydrogens is 350 g/mol. The standard InChI is InChI=1S/C22H25N5O/c1-2-28-19-9-7-18(8-10-19)24-21-15-20(16-11-13-23-14-12-16)26-22(27-21)25-17-5-3-4-6-17/h7-15,17H,2-6H2,1H3,(H2,24,25,26,27). The summed E-state index contributed by atoms with van der Waals surface area (Å²) in [6, 6.07) is 14.2. The fourth-order valence-electron chi connectivity index (χ4n) is 3.45. The number of pyridine rings is 1. The van der Waals surface area contributed by atoms with E-state index in [1.54, 1.807) is 12.4 Å². The third kappa shape index (κ3) is 4.57. The molecule has 144 valence electrons. The van der Waals surface area contributed by atoms with Crippen LogP contribution in [-0.4, -0.2) is 27.6 Å². The summed E-state index contributed by atoms with van der Waals surface area (Å²) in [7, 11) is 0. The number of benzene rings is 1. The van der Waals surface area contributed by atoms with Gasteiger partial charge in [-0.1, -0.05) is 12.8 Å². The van der Waals surface area contributed by atoms with Gasteiger partial charge in [0.15, 0.2) is 0 Å². The maximum absolute atomic E-state index is 5.51. The lowest BCUT2D eigenvalue weighted by Crippen LogP contribution is -2.17. The Kier molecular flexibility index (Phi) is 5.66. The summed E-state index contributed by atoms with van der Waals surface area (Å²) < 4.78 is 5.51. The summed E-state index contributed by atoms with van der Waals surface area (Å²) in [5, 5.41) is 6.89. The van der Waals surface area contributed by atoms with Gasteiger partial charge < -0.3 is 15.4 Å². The second-order valence-electron chi connectivity index (χ2n) is 6.91. The van der Waals surface area contributed by atoms with Crippen LogP contribution in [0.5, 0.6) is 5.75 Å². The highest BCUT2D eigenvalue weighted by atomic mass is 16.5. The van der Waals surface area contributed by atoms with Crippen molar-refractivity contribution >= 4 is 17.5 Å². The highest BCUT2D eigenvalue weighted by molar-refractivity contribution is 5.67. The molecule has 2 aromatic heterocycles. The Morgan fingerprint density at radius 2 is 1.75 bits per heavy atom. The van der Waals surface area contributed by atoms with E-state index in [4.69, 9.17) is 14.7 Å². The molecule has 4 rings (SSSR count). The van der Waals surface area contributed by atoms with Gasteiger partial charge >= 0.3 is 0 Å². The lowest BCUT2D eigenvalue weighted by molar-refractivity contribution is 0.340. The van der Waals surface area contributed by atoms with E-state index in [1.807, 2.05) is 49.4 Å². The maximum atomic E-state index is 5.51. The number of aromatic nitrogens is 3. The number of anilines is 3. The van der Waals surface area contributed by atoms with Gasteiger partial charge in [-0.3, -0.25) is 4.98 Å². The molecular formula is C22H25N5O. The van der Waals surface area contributed by atoms with Crippen LogP contribution in [0, 0.1) is 0 Å². The molecule has 1 saturated carbocycles. The third-order valence-electron chi connectivity index (χ3n) is 4.83. The number of nitrogens with zero attached hydrogens (tertiary/aromatic N) is 3. The first kappa shape index (κ1) is 18.2. The van der Waals surface area contributed by atoms with Crippen LogP contribution < -0.4 is 15.4 Å². The molecule has 0 bridgehead atoms. The Labute approximate surface area is 165 Å². The minimum atomic E-state index is 0.450. The lowest BCUT2D eigenvalue weighted by atomic mass is 10.2. The van der Waals surface area contributed by atoms with Crippen molar-refractivity contribution in [1.82, 2.24) is 15.0 Å². The van der Waals surface area contributed by atoms with E-state index < -0.39 is 0 Å². The van der Waals surface area contributed by atoms with E-state index in [0.29, 0.717) is 18.6 Å². The van der Waals surface area contributed by atoms with Crippen LogP contribution in [0.2, 0.25) is 0 Å². The fraction of sp³-hybridized carbons (Fsp3) is 0.318. The normalized spacial score (nSPS) is 14.0. The molecule has 3 aromatic rings. The second-order valence-corrected chi connectivity index (χ2v) is 6.91. The average molecular weight is 375 g/mol. The zero-order chi connectivity index (χ0) is 19.2. The smallest absolute Gasteiger partial charge is 0.225 e. The van der Waals surface area contributed by atoms with Gasteiger partial charge in [0.05, 0.1) is 12.3 Å². The summed E-state index contributed by atoms with van der Waals surface area (Å²) in [4.78, 5) is 13.5. The second kappa shape index (κ2) is 8.69. The monoisotopic (exact) mass is 375 g/mol. The summed E-state index contributed by atoms with van der Waals surface area (Å²) in [6.45, 7) is 2.64. The van der Waals surface area contributed by atoms with Crippen LogP contribution in [0.1, 0.15) is 32.6 Å². The Hall–Kier alpha value is -3.15. The van der Waals surface area contributed by atoms with E-state index in [9.17, 15) is 0 Å². The van der Waals surface area contributed by atoms with Crippen molar-refractivity contribution in [2.24, 2.45) is 0 Å². The molecule has 28 heavy (non-hydrogen) atoms. The first-order valence-corrected chi connectivity index (χ1v) is 9.86. The van der Waals surface area contributed by atoms with Crippen LogP contribution in [0.3, 0.4) is 0 Å². The largest absolute Gasteiger partial charge is 0.494 e. The molecule has 2 heterocycles. The lowest BCUT2D eigenvalue weighted by Gasteiger charge is -2.15. The zero-order valence-corrected chi connectivity index (χ0v) is 16.1. The minimum Gasteiger partial charge on any atom is -0.494 e. The average Bonchev–Trinajstić information content (AvgIpc) is 3.23. The Morgan fingerprint density at radius 3 is 2.46 bits per heavy atom. The first-order valence-electron chi connectivity index (χ1n) is 9.86. The highest BCUT2D eigenvalue weighted by Crippen LogP contribution is 2.26. The van der Waals surface area contributed by atoms with Gasteiger partial charge in [-0.25, -0.2) is 4.98 Å². The van der Waals surface area contributed by atoms with Crippen molar-refractivity contribution in [2.75, 3.05) is 17.2 Å². The quantitative estimate of drug-likeness (QED) is 0.603. The predicted octanol–water partition coefficient (Wildman–Crippen LogP) is 5.04. The first-order chi connectivity index (χ1) is 13.8. The number of nitrogens with one attached hydrogen (secondary N) is 2. The summed E-state index contributed by atoms with van der Waals surface area (Å²) in [5.41, 5.74) is 2.84. The summed E-state index contributed by atoms with van der Waals surface area (Å²) >= 11 is 0. The van der Waals surface area contributed by atoms with Gasteiger partial charge in [0, 0.05) is 35.8 Å². The number of hydrogen-bond acceptors (Lipinski definition) is 6. The zero-order valence-electron chi connectivity index (χ0n) is 16.1. The topological polar surface area (TPSA) is 72.0 Å². The molecule has 1 aromatic carbocycles. The highest BCUT2D eigenvalue weighted by Gasteiger charge is 2.17. The molecule has 0 radical (unpaired) electrons. The van der Waals surface area contributed by atoms with Crippen molar-refractivity contribution in [3.05, 3.63) is 54.9 Å². The third-order valence-corrected chi connectivity index (χ3v) is 4.83. The van der Waals surface area contributed by atoms with E-state index in [-0.39, 0.29) is 0 Å². The SMILES string of the molecule is CCOc1ccc(Nc2cc(-c3ccncc3)nc(NC3CCCC3)n2)cc1. The predicted molar refractivity (Wildman–Crippen MR) is 112 cm³/mol. The molecule has 0 aliphatic heterocycles. The van der Waals surface area contributed by atoms with E-state index in [1.165, 1.54) is 25.7 Å². The van der Waals surface area contributed by atoms with E-state index in [0.717, 1.165) is 28.5 Å². The van der Waals surface area contributed by atoms with Crippen molar-refractivity contribution in [2.45, 2.75) is 38.6 Å². The molecule has 0 unspecified atom stereocenters. The maximum Gasteiger partial charge on any atom is 0.225 e. The Bertz CT molecular complexity index is 893. The van der Waals surface area contributed by atoms with Gasteiger partial charge in [-0.05, 0) is 56.2 Å². The van der Waals surface area contributed by atoms with Gasteiger partial charge in [0.25, 0.3) is 0 Å². The van der Waals surface area contributed by atoms with Crippen molar-refractivity contribution in [1.29, 1.82) is 0 Å². The fourth-order valence-corrected chi connectivity index (χ4v) is 3.45. The molecule has 2 N–H and O–H groups in total. The molecule has 0 atom stereocenters. The van der Waals surface area contributed by atoms with Crippen LogP contribution in [0.4, 0.5) is 17.5 Å². The molecule has 6 nitrogen and oxygen atoms in total. The van der Waals surface area contributed by atoms with Crippen molar-refractivity contribution in [3.63, 3.8) is 0 Å². The minimum absolute atomic E-state index is 0.450. The molecule has 0 amide bonds. The number of rotatable bonds is 7. The number of ether oxygens (including phenoxy) is 1. The summed E-state index contributed by atoms with van der Waals surface area (Å²) in [5.74, 6) is 2.28. The van der Waals surface area contributed by atoms with Gasteiger partial charge in [-0.2, -0.15) is 4.98 Å². The van der Waals surface area contributed by atoms with E-state index >= 15 is 0 Å². The van der Waals surface area contributed by atoms with Crippen molar-refractivity contribution in [3.8, 4) is 17.0 Å². The van der Waals surface area contributed by atoms with E-state index in [2.05, 4.69) is 15.6 Å². The molecule has 1 aliphatic rings. The van der Waals surface area contributed by atoms with Gasteiger partial charge in [0.1, 0.15) is 11.6 Å². The molecule has 0 spiro atoms. The molecule has 1 aliphatic carbocycles. The van der Waals surface area contributed by atoms with Crippen LogP contribution >= 0.6 is 0 Å². The number of hydrogen-bond donors (Lipinski definition) is 2. The van der Waals surface area contributed by atoms with Crippen LogP contribution in [0.25, 0.3) is 11.3 Å². The Morgan fingerprint density at radius 1 is 1.00 bits per heavy atom. The molecule has 0 saturated heterocycles. The van der Waals surface area contributed by atoms with Crippen LogP contribution in [0.15, 0.2) is 54.9 Å². The van der Waals surface area contributed by atoms with Gasteiger partial charge in [-0.15, -0.1) is 0 Å². The molecule has 6 heteroatoms. The summed E-state index contributed by atoms with van der Waals surface area (Å²) in [6.07, 6.45) is 8.43.